The molecule has 1 saturated heterocycles. The molecule has 2 amide bonds. The van der Waals surface area contributed by atoms with Crippen LogP contribution in [0.2, 0.25) is 0 Å². The predicted octanol–water partition coefficient (Wildman–Crippen LogP) is 0.377. The highest BCUT2D eigenvalue weighted by Crippen LogP contribution is 2.37. The third-order valence-corrected chi connectivity index (χ3v) is 3.02. The van der Waals surface area contributed by atoms with E-state index in [1.165, 1.54) is 6.92 Å². The molecule has 1 saturated carbocycles. The smallest absolute Gasteiger partial charge is 0.255 e. The fraction of sp³-hybridized carbons (Fsp3) is 0.800. The monoisotopic (exact) mass is 232 g/mol. The van der Waals surface area contributed by atoms with E-state index in [4.69, 9.17) is 0 Å². The molecular formula is C10H14F2N2O2. The summed E-state index contributed by atoms with van der Waals surface area (Å²) in [6.45, 7) is 0.875. The van der Waals surface area contributed by atoms with Crippen LogP contribution in [-0.2, 0) is 9.59 Å². The Morgan fingerprint density at radius 1 is 1.44 bits per heavy atom. The van der Waals surface area contributed by atoms with Crippen LogP contribution in [-0.4, -0.2) is 41.8 Å². The molecule has 2 atom stereocenters. The molecule has 0 bridgehead atoms. The first-order chi connectivity index (χ1) is 7.50. The Morgan fingerprint density at radius 3 is 2.56 bits per heavy atom. The molecular weight excluding hydrogens is 218 g/mol. The van der Waals surface area contributed by atoms with Crippen molar-refractivity contribution in [1.29, 1.82) is 0 Å². The molecule has 1 N–H and O–H groups in total. The lowest BCUT2D eigenvalue weighted by Crippen LogP contribution is -2.63. The summed E-state index contributed by atoms with van der Waals surface area (Å²) < 4.78 is 24.8. The number of carbonyl (C=O) groups is 2. The Bertz CT molecular complexity index is 318. The highest BCUT2D eigenvalue weighted by molar-refractivity contribution is 5.97. The molecule has 4 nitrogen and oxygen atoms in total. The summed E-state index contributed by atoms with van der Waals surface area (Å²) >= 11 is 0. The second kappa shape index (κ2) is 3.99. The van der Waals surface area contributed by atoms with E-state index in [1.54, 1.807) is 0 Å². The van der Waals surface area contributed by atoms with Crippen molar-refractivity contribution >= 4 is 11.8 Å². The van der Waals surface area contributed by atoms with Crippen molar-refractivity contribution in [2.24, 2.45) is 5.92 Å². The van der Waals surface area contributed by atoms with Gasteiger partial charge in [0.2, 0.25) is 11.8 Å². The van der Waals surface area contributed by atoms with Gasteiger partial charge in [0.15, 0.2) is 0 Å². The first-order valence-corrected chi connectivity index (χ1v) is 5.39. The fourth-order valence-electron chi connectivity index (χ4n) is 2.12. The standard InChI is InChI=1S/C10H14F2N2O2/c1-5-10(16)14(4-7(11)12)8(6-2-3-6)9(15)13-5/h5-8H,2-4H2,1H3,(H,13,15). The number of alkyl halides is 2. The maximum atomic E-state index is 12.4. The number of rotatable bonds is 3. The van der Waals surface area contributed by atoms with E-state index in [-0.39, 0.29) is 11.8 Å². The van der Waals surface area contributed by atoms with Gasteiger partial charge in [-0.25, -0.2) is 8.78 Å². The van der Waals surface area contributed by atoms with E-state index >= 15 is 0 Å². The molecule has 2 rings (SSSR count). The molecule has 0 spiro atoms. The van der Waals surface area contributed by atoms with Crippen molar-refractivity contribution in [2.45, 2.75) is 38.3 Å². The van der Waals surface area contributed by atoms with Crippen LogP contribution in [0.3, 0.4) is 0 Å². The molecule has 2 fully saturated rings. The molecule has 90 valence electrons. The second-order valence-electron chi connectivity index (χ2n) is 4.39. The van der Waals surface area contributed by atoms with Crippen molar-refractivity contribution in [3.63, 3.8) is 0 Å². The molecule has 0 radical (unpaired) electrons. The number of hydrogen-bond acceptors (Lipinski definition) is 2. The van der Waals surface area contributed by atoms with Gasteiger partial charge in [-0.05, 0) is 25.7 Å². The van der Waals surface area contributed by atoms with Crippen LogP contribution in [0.1, 0.15) is 19.8 Å². The van der Waals surface area contributed by atoms with Crippen molar-refractivity contribution in [3.8, 4) is 0 Å². The summed E-state index contributed by atoms with van der Waals surface area (Å²) in [5.74, 6) is -0.637. The first-order valence-electron chi connectivity index (χ1n) is 5.39. The molecule has 1 aliphatic heterocycles. The van der Waals surface area contributed by atoms with E-state index in [1.807, 2.05) is 0 Å². The van der Waals surface area contributed by atoms with Crippen molar-refractivity contribution < 1.29 is 18.4 Å². The minimum Gasteiger partial charge on any atom is -0.343 e. The quantitative estimate of drug-likeness (QED) is 0.764. The van der Waals surface area contributed by atoms with Gasteiger partial charge in [0.1, 0.15) is 12.1 Å². The molecule has 6 heteroatoms. The van der Waals surface area contributed by atoms with Crippen LogP contribution in [0.15, 0.2) is 0 Å². The predicted molar refractivity (Wildman–Crippen MR) is 51.8 cm³/mol. The molecule has 2 unspecified atom stereocenters. The van der Waals surface area contributed by atoms with Gasteiger partial charge in [-0.3, -0.25) is 9.59 Å². The Morgan fingerprint density at radius 2 is 2.06 bits per heavy atom. The van der Waals surface area contributed by atoms with Gasteiger partial charge in [0.25, 0.3) is 6.43 Å². The third kappa shape index (κ3) is 2.01. The zero-order valence-electron chi connectivity index (χ0n) is 8.95. The van der Waals surface area contributed by atoms with Crippen LogP contribution in [0.25, 0.3) is 0 Å². The fourth-order valence-corrected chi connectivity index (χ4v) is 2.12. The summed E-state index contributed by atoms with van der Waals surface area (Å²) in [7, 11) is 0. The second-order valence-corrected chi connectivity index (χ2v) is 4.39. The maximum Gasteiger partial charge on any atom is 0.255 e. The van der Waals surface area contributed by atoms with E-state index in [0.717, 1.165) is 17.7 Å². The van der Waals surface area contributed by atoms with Gasteiger partial charge in [0, 0.05) is 0 Å². The number of piperazine rings is 1. The van der Waals surface area contributed by atoms with E-state index < -0.39 is 31.0 Å². The van der Waals surface area contributed by atoms with E-state index in [0.29, 0.717) is 0 Å². The molecule has 1 heterocycles. The lowest BCUT2D eigenvalue weighted by atomic mass is 10.0. The number of nitrogens with zero attached hydrogens (tertiary/aromatic N) is 1. The highest BCUT2D eigenvalue weighted by Gasteiger charge is 2.47. The lowest BCUT2D eigenvalue weighted by molar-refractivity contribution is -0.151. The zero-order valence-corrected chi connectivity index (χ0v) is 8.95. The molecule has 0 aromatic rings. The average molecular weight is 232 g/mol. The van der Waals surface area contributed by atoms with Crippen LogP contribution < -0.4 is 5.32 Å². The number of carbonyl (C=O) groups excluding carboxylic acids is 2. The lowest BCUT2D eigenvalue weighted by Gasteiger charge is -2.37. The van der Waals surface area contributed by atoms with Gasteiger partial charge >= 0.3 is 0 Å². The Hall–Kier alpha value is -1.20. The largest absolute Gasteiger partial charge is 0.343 e. The average Bonchev–Trinajstić information content (AvgIpc) is 2.97. The molecule has 2 aliphatic rings. The number of amides is 2. The molecule has 16 heavy (non-hydrogen) atoms. The van der Waals surface area contributed by atoms with Gasteiger partial charge in [0.05, 0.1) is 6.54 Å². The normalized spacial score (nSPS) is 30.9. The Balaban J connectivity index is 2.17. The number of nitrogens with one attached hydrogen (secondary N) is 1. The van der Waals surface area contributed by atoms with Crippen LogP contribution >= 0.6 is 0 Å². The maximum absolute atomic E-state index is 12.4. The van der Waals surface area contributed by atoms with Crippen molar-refractivity contribution in [2.75, 3.05) is 6.54 Å². The summed E-state index contributed by atoms with van der Waals surface area (Å²) in [4.78, 5) is 24.4. The van der Waals surface area contributed by atoms with Crippen LogP contribution in [0.5, 0.6) is 0 Å². The van der Waals surface area contributed by atoms with Crippen molar-refractivity contribution in [1.82, 2.24) is 10.2 Å². The summed E-state index contributed by atoms with van der Waals surface area (Å²) in [6, 6.07) is -1.38. The third-order valence-electron chi connectivity index (χ3n) is 3.02. The SMILES string of the molecule is CC1NC(=O)C(C2CC2)N(CC(F)F)C1=O. The molecule has 0 aromatic carbocycles. The van der Waals surface area contributed by atoms with Gasteiger partial charge in [-0.15, -0.1) is 0 Å². The van der Waals surface area contributed by atoms with Gasteiger partial charge in [-0.2, -0.15) is 0 Å². The van der Waals surface area contributed by atoms with E-state index in [9.17, 15) is 18.4 Å². The van der Waals surface area contributed by atoms with Crippen molar-refractivity contribution in [3.05, 3.63) is 0 Å². The minimum atomic E-state index is -2.59. The Labute approximate surface area is 92.0 Å². The van der Waals surface area contributed by atoms with E-state index in [2.05, 4.69) is 5.32 Å². The van der Waals surface area contributed by atoms with Crippen LogP contribution in [0, 0.1) is 5.92 Å². The first kappa shape index (κ1) is 11.3. The zero-order chi connectivity index (χ0) is 11.9. The Kier molecular flexibility index (Phi) is 2.82. The summed E-state index contributed by atoms with van der Waals surface area (Å²) in [6.07, 6.45) is -0.929. The number of halogens is 2. The molecule has 1 aliphatic carbocycles. The topological polar surface area (TPSA) is 49.4 Å². The van der Waals surface area contributed by atoms with Crippen LogP contribution in [0.4, 0.5) is 8.78 Å². The van der Waals surface area contributed by atoms with Gasteiger partial charge in [-0.1, -0.05) is 0 Å². The highest BCUT2D eigenvalue weighted by atomic mass is 19.3. The molecule has 0 aromatic heterocycles. The summed E-state index contributed by atoms with van der Waals surface area (Å²) in [5, 5.41) is 2.53. The summed E-state index contributed by atoms with van der Waals surface area (Å²) in [5.41, 5.74) is 0. The minimum absolute atomic E-state index is 0.0650. The number of hydrogen-bond donors (Lipinski definition) is 1. The van der Waals surface area contributed by atoms with Gasteiger partial charge < -0.3 is 10.2 Å².